The van der Waals surface area contributed by atoms with E-state index in [1.807, 2.05) is 0 Å². The molecule has 0 aliphatic carbocycles. The molecule has 0 fully saturated rings. The average molecular weight is 208 g/mol. The lowest BCUT2D eigenvalue weighted by Crippen LogP contribution is -2.12. The van der Waals surface area contributed by atoms with Crippen molar-refractivity contribution in [1.82, 2.24) is 4.98 Å². The Balaban J connectivity index is 3.33. The van der Waals surface area contributed by atoms with E-state index in [0.29, 0.717) is 0 Å². The Hall–Kier alpha value is -0.870. The summed E-state index contributed by atoms with van der Waals surface area (Å²) in [6.45, 7) is 0. The third kappa shape index (κ3) is 1.65. The first-order chi connectivity index (χ1) is 5.52. The largest absolute Gasteiger partial charge is 0.384 e. The van der Waals surface area contributed by atoms with Gasteiger partial charge in [0.05, 0.1) is 5.56 Å². The molecule has 0 atom stereocenters. The van der Waals surface area contributed by atoms with Crippen LogP contribution in [0.15, 0.2) is 6.07 Å². The van der Waals surface area contributed by atoms with Gasteiger partial charge in [-0.25, -0.2) is 9.37 Å². The number of nitrogens with zero attached hydrogens (tertiary/aromatic N) is 1. The van der Waals surface area contributed by atoms with Gasteiger partial charge in [-0.05, 0) is 6.07 Å². The number of nitrogens with two attached hydrogens (primary N) is 1. The molecule has 0 spiro atoms. The summed E-state index contributed by atoms with van der Waals surface area (Å²) in [7, 11) is 0. The van der Waals surface area contributed by atoms with E-state index in [1.165, 1.54) is 0 Å². The number of amidine groups is 1. The second kappa shape index (κ2) is 3.25. The monoisotopic (exact) mass is 207 g/mol. The summed E-state index contributed by atoms with van der Waals surface area (Å²) in [4.78, 5) is 3.43. The third-order valence-electron chi connectivity index (χ3n) is 1.18. The minimum absolute atomic E-state index is 0.0403. The fraction of sp³-hybridized carbons (Fsp3) is 0. The Morgan fingerprint density at radius 3 is 2.58 bits per heavy atom. The molecule has 64 valence electrons. The zero-order valence-corrected chi connectivity index (χ0v) is 7.25. The van der Waals surface area contributed by atoms with Crippen molar-refractivity contribution in [3.8, 4) is 0 Å². The standard InChI is InChI=1S/C6H4Cl2FN3/c7-4-2(6(10)11)1-3(9)5(8)12-4/h1H,(H3,10,11). The van der Waals surface area contributed by atoms with E-state index in [2.05, 4.69) is 4.98 Å². The Bertz CT molecular complexity index is 340. The molecule has 0 unspecified atom stereocenters. The zero-order chi connectivity index (χ0) is 9.30. The number of nitrogen functional groups attached to an aromatic ring is 1. The van der Waals surface area contributed by atoms with Gasteiger partial charge in [0.1, 0.15) is 11.0 Å². The normalized spacial score (nSPS) is 9.92. The van der Waals surface area contributed by atoms with Crippen molar-refractivity contribution < 1.29 is 4.39 Å². The van der Waals surface area contributed by atoms with Crippen LogP contribution in [-0.2, 0) is 0 Å². The van der Waals surface area contributed by atoms with Gasteiger partial charge in [0.2, 0.25) is 0 Å². The SMILES string of the molecule is N=C(N)c1cc(F)c(Cl)nc1Cl. The van der Waals surface area contributed by atoms with Crippen molar-refractivity contribution in [2.45, 2.75) is 0 Å². The number of aromatic nitrogens is 1. The summed E-state index contributed by atoms with van der Waals surface area (Å²) in [6.07, 6.45) is 0. The Morgan fingerprint density at radius 2 is 2.08 bits per heavy atom. The predicted molar refractivity (Wildman–Crippen MR) is 45.2 cm³/mol. The molecule has 0 aliphatic heterocycles. The van der Waals surface area contributed by atoms with Crippen LogP contribution < -0.4 is 5.73 Å². The van der Waals surface area contributed by atoms with Crippen LogP contribution in [0.5, 0.6) is 0 Å². The van der Waals surface area contributed by atoms with E-state index in [0.717, 1.165) is 6.07 Å². The lowest BCUT2D eigenvalue weighted by molar-refractivity contribution is 0.621. The number of hydrogen-bond acceptors (Lipinski definition) is 2. The number of nitrogens with one attached hydrogen (secondary N) is 1. The van der Waals surface area contributed by atoms with Gasteiger partial charge in [0.15, 0.2) is 11.0 Å². The first-order valence-electron chi connectivity index (χ1n) is 2.88. The molecule has 1 heterocycles. The van der Waals surface area contributed by atoms with E-state index < -0.39 is 5.82 Å². The molecule has 0 amide bonds. The summed E-state index contributed by atoms with van der Waals surface area (Å²) in [5.74, 6) is -1.09. The summed E-state index contributed by atoms with van der Waals surface area (Å²) >= 11 is 10.8. The second-order valence-corrected chi connectivity index (χ2v) is 2.73. The summed E-state index contributed by atoms with van der Waals surface area (Å²) in [6, 6.07) is 0.972. The molecule has 1 aromatic heterocycles. The van der Waals surface area contributed by atoms with E-state index in [1.54, 1.807) is 0 Å². The van der Waals surface area contributed by atoms with Gasteiger partial charge in [-0.15, -0.1) is 0 Å². The molecule has 3 N–H and O–H groups in total. The summed E-state index contributed by atoms with van der Waals surface area (Å²) in [5, 5.41) is 6.58. The number of halogens is 3. The summed E-state index contributed by atoms with van der Waals surface area (Å²) in [5.41, 5.74) is 5.12. The maximum atomic E-state index is 12.7. The highest BCUT2D eigenvalue weighted by atomic mass is 35.5. The molecule has 0 aromatic carbocycles. The van der Waals surface area contributed by atoms with Crippen molar-refractivity contribution in [2.24, 2.45) is 5.73 Å². The highest BCUT2D eigenvalue weighted by Crippen LogP contribution is 2.19. The topological polar surface area (TPSA) is 62.8 Å². The van der Waals surface area contributed by atoms with Gasteiger partial charge in [-0.1, -0.05) is 23.2 Å². The van der Waals surface area contributed by atoms with Crippen molar-refractivity contribution in [2.75, 3.05) is 0 Å². The predicted octanol–water partition coefficient (Wildman–Crippen LogP) is 1.81. The molecule has 0 aliphatic rings. The van der Waals surface area contributed by atoms with Gasteiger partial charge >= 0.3 is 0 Å². The van der Waals surface area contributed by atoms with Gasteiger partial charge in [0.25, 0.3) is 0 Å². The van der Waals surface area contributed by atoms with E-state index in [9.17, 15) is 4.39 Å². The molecule has 3 nitrogen and oxygen atoms in total. The fourth-order valence-corrected chi connectivity index (χ4v) is 1.06. The van der Waals surface area contributed by atoms with Gasteiger partial charge in [-0.2, -0.15) is 0 Å². The fourth-order valence-electron chi connectivity index (χ4n) is 0.635. The molecule has 6 heteroatoms. The van der Waals surface area contributed by atoms with Crippen LogP contribution >= 0.6 is 23.2 Å². The van der Waals surface area contributed by atoms with Crippen LogP contribution in [0.1, 0.15) is 5.56 Å². The summed E-state index contributed by atoms with van der Waals surface area (Å²) < 4.78 is 12.7. The maximum absolute atomic E-state index is 12.7. The molecule has 0 saturated carbocycles. The molecule has 1 aromatic rings. The molecule has 0 radical (unpaired) electrons. The number of rotatable bonds is 1. The van der Waals surface area contributed by atoms with Crippen LogP contribution in [-0.4, -0.2) is 10.8 Å². The lowest BCUT2D eigenvalue weighted by Gasteiger charge is -2.01. The van der Waals surface area contributed by atoms with Crippen molar-refractivity contribution >= 4 is 29.0 Å². The quantitative estimate of drug-likeness (QED) is 0.420. The van der Waals surface area contributed by atoms with Crippen LogP contribution in [0, 0.1) is 11.2 Å². The maximum Gasteiger partial charge on any atom is 0.166 e. The van der Waals surface area contributed by atoms with Gasteiger partial charge in [0, 0.05) is 0 Å². The van der Waals surface area contributed by atoms with Crippen LogP contribution in [0.3, 0.4) is 0 Å². The zero-order valence-electron chi connectivity index (χ0n) is 5.74. The molecule has 1 rings (SSSR count). The lowest BCUT2D eigenvalue weighted by atomic mass is 10.2. The third-order valence-corrected chi connectivity index (χ3v) is 1.73. The highest BCUT2D eigenvalue weighted by molar-refractivity contribution is 6.34. The van der Waals surface area contributed by atoms with Gasteiger partial charge < -0.3 is 5.73 Å². The number of hydrogen-bond donors (Lipinski definition) is 2. The van der Waals surface area contributed by atoms with Crippen LogP contribution in [0.4, 0.5) is 4.39 Å². The Kier molecular flexibility index (Phi) is 2.49. The first-order valence-corrected chi connectivity index (χ1v) is 3.64. The number of pyridine rings is 1. The highest BCUT2D eigenvalue weighted by Gasteiger charge is 2.10. The van der Waals surface area contributed by atoms with E-state index in [-0.39, 0.29) is 21.7 Å². The average Bonchev–Trinajstić information content (AvgIpc) is 1.96. The smallest absolute Gasteiger partial charge is 0.166 e. The minimum atomic E-state index is -0.744. The van der Waals surface area contributed by atoms with Crippen molar-refractivity contribution in [1.29, 1.82) is 5.41 Å². The van der Waals surface area contributed by atoms with Crippen molar-refractivity contribution in [3.63, 3.8) is 0 Å². The van der Waals surface area contributed by atoms with Crippen molar-refractivity contribution in [3.05, 3.63) is 27.8 Å². The second-order valence-electron chi connectivity index (χ2n) is 2.01. The molecule has 12 heavy (non-hydrogen) atoms. The van der Waals surface area contributed by atoms with Crippen LogP contribution in [0.25, 0.3) is 0 Å². The first kappa shape index (κ1) is 9.22. The Labute approximate surface area is 77.8 Å². The Morgan fingerprint density at radius 1 is 1.50 bits per heavy atom. The molecule has 0 saturated heterocycles. The molecule has 0 bridgehead atoms. The van der Waals surface area contributed by atoms with E-state index in [4.69, 9.17) is 34.3 Å². The van der Waals surface area contributed by atoms with Crippen LogP contribution in [0.2, 0.25) is 10.3 Å². The van der Waals surface area contributed by atoms with E-state index >= 15 is 0 Å². The molecular weight excluding hydrogens is 204 g/mol. The minimum Gasteiger partial charge on any atom is -0.384 e. The van der Waals surface area contributed by atoms with Gasteiger partial charge in [-0.3, -0.25) is 5.41 Å². The molecular formula is C6H4Cl2FN3.